The number of amides is 1. The van der Waals surface area contributed by atoms with Crippen LogP contribution in [0.1, 0.15) is 70.6 Å². The van der Waals surface area contributed by atoms with Gasteiger partial charge in [-0.25, -0.2) is 8.78 Å². The van der Waals surface area contributed by atoms with E-state index in [1.807, 2.05) is 0 Å². The first-order chi connectivity index (χ1) is 20.3. The molecule has 14 heteroatoms. The minimum absolute atomic E-state index is 0.139. The molecule has 0 bridgehead atoms. The smallest absolute Gasteiger partial charge is 0.433 e. The second-order valence-corrected chi connectivity index (χ2v) is 10.5. The number of aromatic nitrogens is 2. The summed E-state index contributed by atoms with van der Waals surface area (Å²) in [6.07, 6.45) is -3.47. The summed E-state index contributed by atoms with van der Waals surface area (Å²) in [5, 5.41) is 13.9. The molecule has 1 N–H and O–H groups in total. The molecule has 2 aromatic carbocycles. The number of esters is 1. The van der Waals surface area contributed by atoms with E-state index in [9.17, 15) is 41.4 Å². The van der Waals surface area contributed by atoms with Crippen LogP contribution in [0.2, 0.25) is 5.02 Å². The minimum Gasteiger partial charge on any atom is -0.507 e. The van der Waals surface area contributed by atoms with Crippen molar-refractivity contribution in [2.24, 2.45) is 5.92 Å². The number of nitrogens with zero attached hydrogens (tertiary/aromatic N) is 3. The van der Waals surface area contributed by atoms with Crippen molar-refractivity contribution in [2.45, 2.75) is 51.4 Å². The number of ether oxygens (including phenoxy) is 1. The molecular formula is C29H27ClF5N3O5. The molecule has 1 aliphatic carbocycles. The van der Waals surface area contributed by atoms with Crippen molar-refractivity contribution in [3.8, 4) is 5.75 Å². The minimum atomic E-state index is -5.05. The second kappa shape index (κ2) is 13.1. The Balaban J connectivity index is 1.69. The fourth-order valence-corrected chi connectivity index (χ4v) is 5.50. The first-order valence-corrected chi connectivity index (χ1v) is 13.7. The summed E-state index contributed by atoms with van der Waals surface area (Å²) < 4.78 is 77.0. The Kier molecular flexibility index (Phi) is 9.73. The average molecular weight is 628 g/mol. The lowest BCUT2D eigenvalue weighted by Gasteiger charge is -2.29. The van der Waals surface area contributed by atoms with Crippen LogP contribution >= 0.6 is 11.6 Å². The van der Waals surface area contributed by atoms with E-state index in [1.165, 1.54) is 12.1 Å². The number of phenolic OH excluding ortho intramolecular Hbond substituents is 1. The third-order valence-corrected chi connectivity index (χ3v) is 7.46. The fraction of sp³-hybridized carbons (Fsp3) is 0.379. The molecule has 0 spiro atoms. The third-order valence-electron chi connectivity index (χ3n) is 7.14. The maximum Gasteiger partial charge on any atom is 0.433 e. The van der Waals surface area contributed by atoms with Crippen LogP contribution < -0.4 is 0 Å². The van der Waals surface area contributed by atoms with E-state index in [1.54, 1.807) is 6.92 Å². The first-order valence-electron chi connectivity index (χ1n) is 13.4. The van der Waals surface area contributed by atoms with E-state index in [0.29, 0.717) is 15.6 Å². The van der Waals surface area contributed by atoms with Gasteiger partial charge in [-0.2, -0.15) is 18.3 Å². The van der Waals surface area contributed by atoms with E-state index in [2.05, 4.69) is 5.10 Å². The van der Waals surface area contributed by atoms with Gasteiger partial charge in [0, 0.05) is 12.6 Å². The average Bonchev–Trinajstić information content (AvgIpc) is 3.38. The Labute approximate surface area is 248 Å². The number of rotatable bonds is 9. The topological polar surface area (TPSA) is 102 Å². The lowest BCUT2D eigenvalue weighted by Crippen LogP contribution is -2.37. The van der Waals surface area contributed by atoms with E-state index in [0.717, 1.165) is 24.4 Å². The number of hydrogen-bond donors (Lipinski definition) is 1. The molecular weight excluding hydrogens is 601 g/mol. The number of halogens is 6. The number of phenols is 1. The van der Waals surface area contributed by atoms with Crippen molar-refractivity contribution in [1.82, 2.24) is 14.7 Å². The van der Waals surface area contributed by atoms with Crippen molar-refractivity contribution in [1.29, 1.82) is 0 Å². The standard InChI is InChI=1S/C29H27ClF5N3O5/c1-2-43-28(42)17-6-8-20(9-7-17)38-26(29(33,34)35)21(13-36-38)27(41)37(14-16-10-18(31)12-19(32)11-16)15-24(40)25-22(30)4-3-5-23(25)39/h3-5,10-13,17,20,39H,2,6-9,14-15H2,1H3/t17-,20-. The quantitative estimate of drug-likeness (QED) is 0.168. The molecule has 1 amide bonds. The normalized spacial score (nSPS) is 17.0. The molecule has 4 rings (SSSR count). The zero-order valence-corrected chi connectivity index (χ0v) is 23.6. The van der Waals surface area contributed by atoms with Crippen LogP contribution in [0.3, 0.4) is 0 Å². The summed E-state index contributed by atoms with van der Waals surface area (Å²) >= 11 is 6.05. The van der Waals surface area contributed by atoms with Gasteiger partial charge in [0.1, 0.15) is 17.4 Å². The fourth-order valence-electron chi connectivity index (χ4n) is 5.23. The van der Waals surface area contributed by atoms with Crippen molar-refractivity contribution in [3.05, 3.63) is 81.6 Å². The van der Waals surface area contributed by atoms with Gasteiger partial charge in [-0.1, -0.05) is 17.7 Å². The SMILES string of the molecule is CCOC(=O)[C@H]1CC[C@H](n2ncc(C(=O)N(CC(=O)c3c(O)cccc3Cl)Cc3cc(F)cc(F)c3)c2C(F)(F)F)CC1. The van der Waals surface area contributed by atoms with Gasteiger partial charge in [0.15, 0.2) is 11.5 Å². The van der Waals surface area contributed by atoms with Crippen LogP contribution in [-0.4, -0.2) is 50.6 Å². The highest BCUT2D eigenvalue weighted by atomic mass is 35.5. The molecule has 230 valence electrons. The summed E-state index contributed by atoms with van der Waals surface area (Å²) in [6.45, 7) is 0.290. The Morgan fingerprint density at radius 3 is 2.33 bits per heavy atom. The highest BCUT2D eigenvalue weighted by Gasteiger charge is 2.43. The van der Waals surface area contributed by atoms with E-state index < -0.39 is 77.5 Å². The highest BCUT2D eigenvalue weighted by molar-refractivity contribution is 6.34. The summed E-state index contributed by atoms with van der Waals surface area (Å²) in [4.78, 5) is 39.6. The molecule has 0 saturated heterocycles. The van der Waals surface area contributed by atoms with Crippen molar-refractivity contribution < 1.29 is 46.2 Å². The number of ketones is 1. The van der Waals surface area contributed by atoms with Crippen LogP contribution in [0.4, 0.5) is 22.0 Å². The second-order valence-electron chi connectivity index (χ2n) is 10.1. The number of benzene rings is 2. The summed E-state index contributed by atoms with van der Waals surface area (Å²) in [7, 11) is 0. The Hall–Kier alpha value is -4.00. The molecule has 43 heavy (non-hydrogen) atoms. The zero-order valence-electron chi connectivity index (χ0n) is 22.8. The third kappa shape index (κ3) is 7.32. The van der Waals surface area contributed by atoms with Gasteiger partial charge in [0.05, 0.1) is 47.5 Å². The number of carbonyl (C=O) groups is 3. The lowest BCUT2D eigenvalue weighted by atomic mass is 9.86. The molecule has 0 aliphatic heterocycles. The Morgan fingerprint density at radius 2 is 1.74 bits per heavy atom. The van der Waals surface area contributed by atoms with Crippen LogP contribution in [0.5, 0.6) is 5.75 Å². The molecule has 1 heterocycles. The number of aromatic hydroxyl groups is 1. The van der Waals surface area contributed by atoms with Crippen molar-refractivity contribution >= 4 is 29.3 Å². The van der Waals surface area contributed by atoms with E-state index >= 15 is 0 Å². The Morgan fingerprint density at radius 1 is 1.09 bits per heavy atom. The van der Waals surface area contributed by atoms with Crippen LogP contribution in [-0.2, 0) is 22.3 Å². The largest absolute Gasteiger partial charge is 0.507 e. The number of alkyl halides is 3. The van der Waals surface area contributed by atoms with Gasteiger partial charge in [-0.3, -0.25) is 19.1 Å². The lowest BCUT2D eigenvalue weighted by molar-refractivity contribution is -0.151. The molecule has 8 nitrogen and oxygen atoms in total. The van der Waals surface area contributed by atoms with Crippen LogP contribution in [0.15, 0.2) is 42.6 Å². The first kappa shape index (κ1) is 31.9. The van der Waals surface area contributed by atoms with Crippen LogP contribution in [0, 0.1) is 17.6 Å². The van der Waals surface area contributed by atoms with Gasteiger partial charge >= 0.3 is 12.1 Å². The highest BCUT2D eigenvalue weighted by Crippen LogP contribution is 2.39. The number of hydrogen-bond acceptors (Lipinski definition) is 6. The van der Waals surface area contributed by atoms with Crippen LogP contribution in [0.25, 0.3) is 0 Å². The molecule has 0 radical (unpaired) electrons. The maximum atomic E-state index is 14.5. The number of carbonyl (C=O) groups excluding carboxylic acids is 3. The predicted molar refractivity (Wildman–Crippen MR) is 143 cm³/mol. The van der Waals surface area contributed by atoms with Crippen molar-refractivity contribution in [3.63, 3.8) is 0 Å². The van der Waals surface area contributed by atoms with E-state index in [4.69, 9.17) is 16.3 Å². The molecule has 1 aromatic heterocycles. The summed E-state index contributed by atoms with van der Waals surface area (Å²) in [5.74, 6) is -5.62. The predicted octanol–water partition coefficient (Wildman–Crippen LogP) is 6.36. The van der Waals surface area contributed by atoms with Gasteiger partial charge < -0.3 is 14.7 Å². The maximum absolute atomic E-state index is 14.5. The van der Waals surface area contributed by atoms with Crippen molar-refractivity contribution in [2.75, 3.05) is 13.2 Å². The molecule has 1 aliphatic rings. The molecule has 0 atom stereocenters. The molecule has 1 fully saturated rings. The summed E-state index contributed by atoms with van der Waals surface area (Å²) in [5.41, 5.74) is -2.76. The summed E-state index contributed by atoms with van der Waals surface area (Å²) in [6, 6.07) is 5.35. The zero-order chi connectivity index (χ0) is 31.5. The monoisotopic (exact) mass is 627 g/mol. The van der Waals surface area contributed by atoms with Gasteiger partial charge in [-0.05, 0) is 62.4 Å². The molecule has 3 aromatic rings. The molecule has 1 saturated carbocycles. The Bertz CT molecular complexity index is 1480. The number of Topliss-reactive ketones (excluding diaryl/α,β-unsaturated/α-hetero) is 1. The van der Waals surface area contributed by atoms with E-state index in [-0.39, 0.29) is 48.4 Å². The van der Waals surface area contributed by atoms with Gasteiger partial charge in [0.25, 0.3) is 5.91 Å². The van der Waals surface area contributed by atoms with Gasteiger partial charge in [-0.15, -0.1) is 0 Å². The molecule has 0 unspecified atom stereocenters. The van der Waals surface area contributed by atoms with Gasteiger partial charge in [0.2, 0.25) is 0 Å².